The summed E-state index contributed by atoms with van der Waals surface area (Å²) < 4.78 is 19.3. The number of piperazine rings is 1. The van der Waals surface area contributed by atoms with Crippen LogP contribution < -0.4 is 4.74 Å². The van der Waals surface area contributed by atoms with E-state index in [1.165, 1.54) is 12.1 Å². The summed E-state index contributed by atoms with van der Waals surface area (Å²) in [5.74, 6) is 0.307. The van der Waals surface area contributed by atoms with Gasteiger partial charge in [-0.05, 0) is 31.2 Å². The zero-order valence-electron chi connectivity index (χ0n) is 14.8. The van der Waals surface area contributed by atoms with E-state index in [9.17, 15) is 9.18 Å². The van der Waals surface area contributed by atoms with E-state index in [0.717, 1.165) is 25.2 Å². The second-order valence-electron chi connectivity index (χ2n) is 7.02. The summed E-state index contributed by atoms with van der Waals surface area (Å²) >= 11 is 0. The van der Waals surface area contributed by atoms with Crippen LogP contribution >= 0.6 is 0 Å². The molecule has 5 nitrogen and oxygen atoms in total. The predicted octanol–water partition coefficient (Wildman–Crippen LogP) is 2.51. The number of halogens is 1. The largest absolute Gasteiger partial charge is 0.489 e. The summed E-state index contributed by atoms with van der Waals surface area (Å²) in [6.07, 6.45) is 2.51. The lowest BCUT2D eigenvalue weighted by atomic mass is 10.1. The first kappa shape index (κ1) is 17.0. The molecule has 0 spiro atoms. The van der Waals surface area contributed by atoms with E-state index in [4.69, 9.17) is 4.74 Å². The molecule has 1 amide bonds. The Morgan fingerprint density at radius 1 is 1.23 bits per heavy atom. The van der Waals surface area contributed by atoms with Gasteiger partial charge in [-0.1, -0.05) is 6.07 Å². The van der Waals surface area contributed by atoms with Crippen LogP contribution in [0, 0.1) is 12.7 Å². The maximum atomic E-state index is 13.3. The van der Waals surface area contributed by atoms with E-state index in [2.05, 4.69) is 9.88 Å². The van der Waals surface area contributed by atoms with Crippen molar-refractivity contribution >= 4 is 5.91 Å². The summed E-state index contributed by atoms with van der Waals surface area (Å²) in [5, 5.41) is 0. The molecule has 3 heterocycles. The van der Waals surface area contributed by atoms with Gasteiger partial charge in [0, 0.05) is 56.6 Å². The minimum atomic E-state index is -0.290. The topological polar surface area (TPSA) is 45.7 Å². The lowest BCUT2D eigenvalue weighted by molar-refractivity contribution is 0.0569. The minimum Gasteiger partial charge on any atom is -0.489 e. The molecule has 2 aromatic rings. The Morgan fingerprint density at radius 2 is 2.12 bits per heavy atom. The molecule has 0 saturated carbocycles. The molecule has 0 aliphatic carbocycles. The van der Waals surface area contributed by atoms with Gasteiger partial charge in [0.1, 0.15) is 17.7 Å². The van der Waals surface area contributed by atoms with Crippen molar-refractivity contribution in [3.05, 3.63) is 59.7 Å². The van der Waals surface area contributed by atoms with Gasteiger partial charge in [-0.25, -0.2) is 4.39 Å². The number of benzene rings is 1. The second kappa shape index (κ2) is 7.03. The molecule has 136 valence electrons. The third-order valence-corrected chi connectivity index (χ3v) is 5.12. The van der Waals surface area contributed by atoms with Gasteiger partial charge in [0.05, 0.1) is 5.56 Å². The maximum absolute atomic E-state index is 13.3. The van der Waals surface area contributed by atoms with E-state index >= 15 is 0 Å². The zero-order valence-corrected chi connectivity index (χ0v) is 14.8. The van der Waals surface area contributed by atoms with Crippen molar-refractivity contribution in [3.63, 3.8) is 0 Å². The first-order chi connectivity index (χ1) is 12.6. The zero-order chi connectivity index (χ0) is 18.1. The fourth-order valence-corrected chi connectivity index (χ4v) is 3.78. The molecule has 0 N–H and O–H groups in total. The van der Waals surface area contributed by atoms with Crippen molar-refractivity contribution in [3.8, 4) is 5.75 Å². The van der Waals surface area contributed by atoms with Crippen molar-refractivity contribution in [2.24, 2.45) is 0 Å². The Morgan fingerprint density at radius 3 is 2.88 bits per heavy atom. The van der Waals surface area contributed by atoms with Gasteiger partial charge in [0.15, 0.2) is 0 Å². The number of hydrogen-bond donors (Lipinski definition) is 0. The molecule has 2 fully saturated rings. The highest BCUT2D eigenvalue weighted by molar-refractivity contribution is 5.94. The van der Waals surface area contributed by atoms with Crippen LogP contribution in [0.2, 0.25) is 0 Å². The Bertz CT molecular complexity index is 796. The Hall–Kier alpha value is -2.47. The molecule has 6 heteroatoms. The lowest BCUT2D eigenvalue weighted by Gasteiger charge is -2.37. The van der Waals surface area contributed by atoms with Crippen molar-refractivity contribution in [1.29, 1.82) is 0 Å². The van der Waals surface area contributed by atoms with Crippen LogP contribution in [0.15, 0.2) is 42.6 Å². The molecule has 1 aromatic heterocycles. The highest BCUT2D eigenvalue weighted by atomic mass is 19.1. The summed E-state index contributed by atoms with van der Waals surface area (Å²) in [6.45, 7) is 4.95. The third-order valence-electron chi connectivity index (χ3n) is 5.12. The summed E-state index contributed by atoms with van der Waals surface area (Å²) in [7, 11) is 0. The number of pyridine rings is 1. The van der Waals surface area contributed by atoms with E-state index in [-0.39, 0.29) is 23.9 Å². The first-order valence-corrected chi connectivity index (χ1v) is 8.97. The molecule has 0 radical (unpaired) electrons. The van der Waals surface area contributed by atoms with Crippen molar-refractivity contribution in [2.45, 2.75) is 25.5 Å². The number of amides is 1. The van der Waals surface area contributed by atoms with Crippen LogP contribution in [-0.4, -0.2) is 59.0 Å². The average molecular weight is 355 g/mol. The Balaban J connectivity index is 1.38. The van der Waals surface area contributed by atoms with Gasteiger partial charge in [0.2, 0.25) is 0 Å². The van der Waals surface area contributed by atoms with Gasteiger partial charge >= 0.3 is 0 Å². The van der Waals surface area contributed by atoms with Gasteiger partial charge in [-0.15, -0.1) is 0 Å². The molecule has 2 aliphatic heterocycles. The molecule has 2 aliphatic rings. The Kier molecular flexibility index (Phi) is 4.59. The van der Waals surface area contributed by atoms with E-state index < -0.39 is 0 Å². The molecule has 26 heavy (non-hydrogen) atoms. The first-order valence-electron chi connectivity index (χ1n) is 8.97. The lowest BCUT2D eigenvalue weighted by Crippen LogP contribution is -2.52. The summed E-state index contributed by atoms with van der Waals surface area (Å²) in [6, 6.07) is 10.2. The monoisotopic (exact) mass is 355 g/mol. The maximum Gasteiger partial charge on any atom is 0.255 e. The van der Waals surface area contributed by atoms with Crippen LogP contribution in [0.1, 0.15) is 22.5 Å². The van der Waals surface area contributed by atoms with Crippen molar-refractivity contribution < 1.29 is 13.9 Å². The Labute approximate surface area is 152 Å². The molecule has 0 bridgehead atoms. The van der Waals surface area contributed by atoms with Crippen LogP contribution in [0.3, 0.4) is 0 Å². The smallest absolute Gasteiger partial charge is 0.255 e. The minimum absolute atomic E-state index is 0.0258. The van der Waals surface area contributed by atoms with Crippen LogP contribution in [0.25, 0.3) is 0 Å². The number of aryl methyl sites for hydroxylation is 1. The van der Waals surface area contributed by atoms with Crippen LogP contribution in [0.5, 0.6) is 5.75 Å². The van der Waals surface area contributed by atoms with E-state index in [0.29, 0.717) is 24.4 Å². The van der Waals surface area contributed by atoms with Crippen LogP contribution in [0.4, 0.5) is 4.39 Å². The van der Waals surface area contributed by atoms with Gasteiger partial charge in [0.25, 0.3) is 5.91 Å². The number of aromatic nitrogens is 1. The summed E-state index contributed by atoms with van der Waals surface area (Å²) in [4.78, 5) is 21.2. The number of carbonyl (C=O) groups is 1. The molecule has 4 rings (SSSR count). The molecule has 1 aromatic carbocycles. The SMILES string of the molecule is Cc1ccc(C(=O)N2CCN3C[C@H](Oc4cccc(F)c4)C[C@H]3C2)cn1. The number of fused-ring (bicyclic) bond motifs is 1. The van der Waals surface area contributed by atoms with Crippen LogP contribution in [-0.2, 0) is 0 Å². The number of ether oxygens (including phenoxy) is 1. The fraction of sp³-hybridized carbons (Fsp3) is 0.400. The van der Waals surface area contributed by atoms with E-state index in [1.54, 1.807) is 18.3 Å². The van der Waals surface area contributed by atoms with Gasteiger partial charge < -0.3 is 9.64 Å². The normalized spacial score (nSPS) is 22.9. The molecular weight excluding hydrogens is 333 g/mol. The molecule has 0 unspecified atom stereocenters. The van der Waals surface area contributed by atoms with Gasteiger partial charge in [-0.2, -0.15) is 0 Å². The molecule has 2 saturated heterocycles. The molecule has 2 atom stereocenters. The predicted molar refractivity (Wildman–Crippen MR) is 95.7 cm³/mol. The fourth-order valence-electron chi connectivity index (χ4n) is 3.78. The quantitative estimate of drug-likeness (QED) is 0.849. The number of hydrogen-bond acceptors (Lipinski definition) is 4. The van der Waals surface area contributed by atoms with Gasteiger partial charge in [-0.3, -0.25) is 14.7 Å². The average Bonchev–Trinajstić information content (AvgIpc) is 3.03. The number of rotatable bonds is 3. The second-order valence-corrected chi connectivity index (χ2v) is 7.02. The number of nitrogens with zero attached hydrogens (tertiary/aromatic N) is 3. The van der Waals surface area contributed by atoms with Crippen molar-refractivity contribution in [2.75, 3.05) is 26.2 Å². The highest BCUT2D eigenvalue weighted by Gasteiger charge is 2.38. The van der Waals surface area contributed by atoms with Crippen molar-refractivity contribution in [1.82, 2.24) is 14.8 Å². The standard InChI is InChI=1S/C20H22FN3O2/c1-14-5-6-15(11-22-14)20(25)24-8-7-23-13-19(10-17(23)12-24)26-18-4-2-3-16(21)9-18/h2-6,9,11,17,19H,7-8,10,12-13H2,1H3/t17-,19+/m0/s1. The third kappa shape index (κ3) is 3.55. The highest BCUT2D eigenvalue weighted by Crippen LogP contribution is 2.26. The number of carbonyl (C=O) groups excluding carboxylic acids is 1. The summed E-state index contributed by atoms with van der Waals surface area (Å²) in [5.41, 5.74) is 1.54. The molecular formula is C20H22FN3O2. The van der Waals surface area contributed by atoms with E-state index in [1.807, 2.05) is 24.0 Å².